The average molecular weight is 445 g/mol. The van der Waals surface area contributed by atoms with E-state index in [4.69, 9.17) is 11.6 Å². The molecule has 1 heterocycles. The molecule has 8 heteroatoms. The highest BCUT2D eigenvalue weighted by Crippen LogP contribution is 2.48. The van der Waals surface area contributed by atoms with Gasteiger partial charge in [-0.2, -0.15) is 0 Å². The van der Waals surface area contributed by atoms with Crippen molar-refractivity contribution in [3.05, 3.63) is 75.4 Å². The Balaban J connectivity index is 1.35. The number of benzene rings is 2. The van der Waals surface area contributed by atoms with E-state index in [1.54, 1.807) is 18.2 Å². The number of halogens is 2. The lowest BCUT2D eigenvalue weighted by atomic mass is 9.95. The Morgan fingerprint density at radius 3 is 2.43 bits per heavy atom. The quantitative estimate of drug-likeness (QED) is 0.672. The van der Waals surface area contributed by atoms with Gasteiger partial charge in [-0.15, -0.1) is 0 Å². The number of rotatable bonds is 6. The second kappa shape index (κ2) is 8.24. The number of amides is 3. The zero-order valence-electron chi connectivity index (χ0n) is 15.9. The third-order valence-electron chi connectivity index (χ3n) is 5.24. The van der Waals surface area contributed by atoms with Crippen molar-refractivity contribution >= 4 is 46.5 Å². The van der Waals surface area contributed by atoms with Crippen LogP contribution in [0.15, 0.2) is 53.4 Å². The molecule has 0 unspecified atom stereocenters. The lowest BCUT2D eigenvalue weighted by Crippen LogP contribution is -2.41. The predicted octanol–water partition coefficient (Wildman–Crippen LogP) is 4.36. The fourth-order valence-corrected chi connectivity index (χ4v) is 4.39. The first-order chi connectivity index (χ1) is 14.4. The molecule has 0 radical (unpaired) electrons. The van der Waals surface area contributed by atoms with Crippen LogP contribution in [-0.4, -0.2) is 35.0 Å². The molecule has 0 bridgehead atoms. The minimum absolute atomic E-state index is 0.0911. The molecule has 1 saturated carbocycles. The third kappa shape index (κ3) is 4.13. The number of thioether (sulfide) groups is 1. The number of hydrogen-bond acceptors (Lipinski definition) is 4. The standard InChI is InChI=1S/C22H18ClFN2O3S/c23-16-5-3-15(4-6-16)22(9-10-22)20(28)25-11-12-26-19(27)18(30-21(26)29)13-14-1-7-17(24)8-2-14/h1-8,13H,9-12H2,(H,25,28). The first-order valence-electron chi connectivity index (χ1n) is 9.44. The van der Waals surface area contributed by atoms with Crippen LogP contribution in [0.4, 0.5) is 9.18 Å². The Morgan fingerprint density at radius 1 is 1.13 bits per heavy atom. The fourth-order valence-electron chi connectivity index (χ4n) is 3.39. The van der Waals surface area contributed by atoms with Crippen molar-refractivity contribution in [3.63, 3.8) is 0 Å². The van der Waals surface area contributed by atoms with Gasteiger partial charge in [-0.3, -0.25) is 19.3 Å². The van der Waals surface area contributed by atoms with Gasteiger partial charge in [0.15, 0.2) is 0 Å². The summed E-state index contributed by atoms with van der Waals surface area (Å²) in [7, 11) is 0. The van der Waals surface area contributed by atoms with Crippen LogP contribution >= 0.6 is 23.4 Å². The number of imide groups is 1. The summed E-state index contributed by atoms with van der Waals surface area (Å²) in [6.07, 6.45) is 3.06. The SMILES string of the molecule is O=C1SC(=Cc2ccc(F)cc2)C(=O)N1CCNC(=O)C1(c2ccc(Cl)cc2)CC1. The molecule has 1 N–H and O–H groups in total. The molecule has 3 amide bonds. The molecular weight excluding hydrogens is 427 g/mol. The van der Waals surface area contributed by atoms with Crippen LogP contribution in [0.1, 0.15) is 24.0 Å². The summed E-state index contributed by atoms with van der Waals surface area (Å²) in [6, 6.07) is 12.9. The fraction of sp³-hybridized carbons (Fsp3) is 0.227. The van der Waals surface area contributed by atoms with Crippen LogP contribution in [0, 0.1) is 5.82 Å². The Kier molecular flexibility index (Phi) is 5.66. The van der Waals surface area contributed by atoms with Gasteiger partial charge in [0.1, 0.15) is 5.82 Å². The van der Waals surface area contributed by atoms with E-state index >= 15 is 0 Å². The molecule has 30 heavy (non-hydrogen) atoms. The summed E-state index contributed by atoms with van der Waals surface area (Å²) >= 11 is 6.76. The average Bonchev–Trinajstić information content (AvgIpc) is 3.49. The number of nitrogens with zero attached hydrogens (tertiary/aromatic N) is 1. The molecule has 2 aromatic rings. The second-order valence-electron chi connectivity index (χ2n) is 7.23. The molecule has 2 aromatic carbocycles. The van der Waals surface area contributed by atoms with E-state index in [9.17, 15) is 18.8 Å². The van der Waals surface area contributed by atoms with Crippen molar-refractivity contribution in [2.24, 2.45) is 0 Å². The first-order valence-corrected chi connectivity index (χ1v) is 10.6. The van der Waals surface area contributed by atoms with Crippen LogP contribution in [0.25, 0.3) is 6.08 Å². The molecule has 0 spiro atoms. The molecule has 1 aliphatic carbocycles. The zero-order valence-corrected chi connectivity index (χ0v) is 17.4. The third-order valence-corrected chi connectivity index (χ3v) is 6.40. The van der Waals surface area contributed by atoms with Crippen LogP contribution in [0.2, 0.25) is 5.02 Å². The van der Waals surface area contributed by atoms with Gasteiger partial charge in [-0.05, 0) is 66.1 Å². The Bertz CT molecular complexity index is 1030. The predicted molar refractivity (Wildman–Crippen MR) is 114 cm³/mol. The van der Waals surface area contributed by atoms with Crippen molar-refractivity contribution in [3.8, 4) is 0 Å². The highest BCUT2D eigenvalue weighted by molar-refractivity contribution is 8.18. The van der Waals surface area contributed by atoms with Crippen LogP contribution in [0.3, 0.4) is 0 Å². The molecule has 1 aliphatic heterocycles. The number of hydrogen-bond donors (Lipinski definition) is 1. The molecule has 154 valence electrons. The smallest absolute Gasteiger partial charge is 0.293 e. The molecule has 4 rings (SSSR count). The highest BCUT2D eigenvalue weighted by atomic mass is 35.5. The summed E-state index contributed by atoms with van der Waals surface area (Å²) < 4.78 is 13.0. The monoisotopic (exact) mass is 444 g/mol. The number of carbonyl (C=O) groups excluding carboxylic acids is 3. The maximum atomic E-state index is 13.0. The first kappa shape index (κ1) is 20.6. The van der Waals surface area contributed by atoms with Gasteiger partial charge in [0.05, 0.1) is 10.3 Å². The molecule has 0 aromatic heterocycles. The summed E-state index contributed by atoms with van der Waals surface area (Å²) in [4.78, 5) is 38.9. The van der Waals surface area contributed by atoms with Gasteiger partial charge < -0.3 is 5.32 Å². The topological polar surface area (TPSA) is 66.5 Å². The Hall–Kier alpha value is -2.64. The molecule has 1 saturated heterocycles. The summed E-state index contributed by atoms with van der Waals surface area (Å²) in [5.74, 6) is -0.899. The van der Waals surface area contributed by atoms with E-state index in [-0.39, 0.29) is 35.0 Å². The zero-order chi connectivity index (χ0) is 21.3. The van der Waals surface area contributed by atoms with E-state index in [0.29, 0.717) is 10.6 Å². The minimum Gasteiger partial charge on any atom is -0.354 e. The summed E-state index contributed by atoms with van der Waals surface area (Å²) in [5.41, 5.74) is 0.998. The Labute approximate surface area is 182 Å². The molecule has 5 nitrogen and oxygen atoms in total. The van der Waals surface area contributed by atoms with Crippen molar-refractivity contribution in [1.82, 2.24) is 10.2 Å². The maximum Gasteiger partial charge on any atom is 0.293 e. The van der Waals surface area contributed by atoms with Gasteiger partial charge in [-0.1, -0.05) is 35.9 Å². The van der Waals surface area contributed by atoms with Crippen LogP contribution < -0.4 is 5.32 Å². The molecule has 2 fully saturated rings. The molecule has 0 atom stereocenters. The van der Waals surface area contributed by atoms with Crippen molar-refractivity contribution in [2.45, 2.75) is 18.3 Å². The van der Waals surface area contributed by atoms with Crippen molar-refractivity contribution in [2.75, 3.05) is 13.1 Å². The van der Waals surface area contributed by atoms with Crippen molar-refractivity contribution in [1.29, 1.82) is 0 Å². The van der Waals surface area contributed by atoms with Gasteiger partial charge in [0, 0.05) is 18.1 Å². The van der Waals surface area contributed by atoms with E-state index in [2.05, 4.69) is 5.32 Å². The maximum absolute atomic E-state index is 13.0. The number of nitrogens with one attached hydrogen (secondary N) is 1. The van der Waals surface area contributed by atoms with Crippen molar-refractivity contribution < 1.29 is 18.8 Å². The van der Waals surface area contributed by atoms with Crippen LogP contribution in [-0.2, 0) is 15.0 Å². The molecular formula is C22H18ClFN2O3S. The van der Waals surface area contributed by atoms with Gasteiger partial charge >= 0.3 is 0 Å². The van der Waals surface area contributed by atoms with E-state index < -0.39 is 11.3 Å². The van der Waals surface area contributed by atoms with Crippen LogP contribution in [0.5, 0.6) is 0 Å². The summed E-state index contributed by atoms with van der Waals surface area (Å²) in [5, 5.41) is 3.08. The van der Waals surface area contributed by atoms with E-state index in [0.717, 1.165) is 35.1 Å². The highest BCUT2D eigenvalue weighted by Gasteiger charge is 2.51. The lowest BCUT2D eigenvalue weighted by Gasteiger charge is -2.18. The van der Waals surface area contributed by atoms with Gasteiger partial charge in [0.2, 0.25) is 5.91 Å². The molecule has 2 aliphatic rings. The summed E-state index contributed by atoms with van der Waals surface area (Å²) in [6.45, 7) is 0.268. The normalized spacial score (nSPS) is 18.7. The largest absolute Gasteiger partial charge is 0.354 e. The van der Waals surface area contributed by atoms with E-state index in [1.165, 1.54) is 24.3 Å². The minimum atomic E-state index is -0.550. The van der Waals surface area contributed by atoms with Gasteiger partial charge in [-0.25, -0.2) is 4.39 Å². The number of carbonyl (C=O) groups is 3. The second-order valence-corrected chi connectivity index (χ2v) is 8.66. The van der Waals surface area contributed by atoms with Gasteiger partial charge in [0.25, 0.3) is 11.1 Å². The van der Waals surface area contributed by atoms with E-state index in [1.807, 2.05) is 12.1 Å². The Morgan fingerprint density at radius 2 is 1.80 bits per heavy atom. The lowest BCUT2D eigenvalue weighted by molar-refractivity contribution is -0.125.